The van der Waals surface area contributed by atoms with Gasteiger partial charge in [-0.1, -0.05) is 12.1 Å². The summed E-state index contributed by atoms with van der Waals surface area (Å²) in [6.07, 6.45) is 2.87. The molecular formula is C14H15N3OS. The summed E-state index contributed by atoms with van der Waals surface area (Å²) < 4.78 is 7.39. The van der Waals surface area contributed by atoms with Gasteiger partial charge in [-0.15, -0.1) is 11.3 Å². The summed E-state index contributed by atoms with van der Waals surface area (Å²) in [4.78, 5) is 5.56. The van der Waals surface area contributed by atoms with Crippen molar-refractivity contribution in [3.63, 3.8) is 0 Å². The van der Waals surface area contributed by atoms with Crippen LogP contribution in [0, 0.1) is 0 Å². The number of rotatable bonds is 4. The van der Waals surface area contributed by atoms with Gasteiger partial charge in [0, 0.05) is 23.6 Å². The molecule has 0 aliphatic rings. The molecule has 0 saturated heterocycles. The van der Waals surface area contributed by atoms with E-state index in [9.17, 15) is 0 Å². The van der Waals surface area contributed by atoms with Crippen LogP contribution in [0.5, 0.6) is 5.75 Å². The fraction of sp³-hybridized carbons (Fsp3) is 0.214. The minimum atomic E-state index is 0.624. The number of hydrogen-bond donors (Lipinski definition) is 1. The third-order valence-electron chi connectivity index (χ3n) is 3.02. The van der Waals surface area contributed by atoms with Crippen molar-refractivity contribution < 1.29 is 4.74 Å². The van der Waals surface area contributed by atoms with Crippen LogP contribution in [0.3, 0.4) is 0 Å². The van der Waals surface area contributed by atoms with E-state index in [1.54, 1.807) is 18.4 Å². The molecule has 4 nitrogen and oxygen atoms in total. The molecule has 3 rings (SSSR count). The van der Waals surface area contributed by atoms with Crippen molar-refractivity contribution in [2.45, 2.75) is 6.42 Å². The molecule has 0 saturated carbocycles. The van der Waals surface area contributed by atoms with Gasteiger partial charge < -0.3 is 10.5 Å². The molecule has 1 aromatic carbocycles. The zero-order chi connectivity index (χ0) is 13.2. The van der Waals surface area contributed by atoms with Crippen LogP contribution in [0.1, 0.15) is 5.69 Å². The molecule has 0 atom stereocenters. The smallest absolute Gasteiger partial charge is 0.194 e. The van der Waals surface area contributed by atoms with E-state index in [0.717, 1.165) is 34.1 Å². The second kappa shape index (κ2) is 5.03. The molecule has 0 fully saturated rings. The monoisotopic (exact) mass is 273 g/mol. The second-order valence-electron chi connectivity index (χ2n) is 4.28. The first-order valence-electron chi connectivity index (χ1n) is 6.12. The van der Waals surface area contributed by atoms with Gasteiger partial charge >= 0.3 is 0 Å². The number of methoxy groups -OCH3 is 1. The Hall–Kier alpha value is -1.85. The van der Waals surface area contributed by atoms with Crippen LogP contribution in [0.15, 0.2) is 35.8 Å². The number of thiazole rings is 1. The summed E-state index contributed by atoms with van der Waals surface area (Å²) in [5, 5.41) is 2.11. The number of imidazole rings is 1. The number of nitrogens with zero attached hydrogens (tertiary/aromatic N) is 2. The molecule has 2 aromatic heterocycles. The standard InChI is InChI=1S/C14H15N3OS/c1-18-12-4-2-3-10(7-12)13-9-19-14-16-11(5-6-15)8-17(13)14/h2-4,7-9H,5-6,15H2,1H3. The lowest BCUT2D eigenvalue weighted by atomic mass is 10.1. The molecule has 3 aromatic rings. The Morgan fingerprint density at radius 1 is 1.42 bits per heavy atom. The van der Waals surface area contributed by atoms with E-state index >= 15 is 0 Å². The van der Waals surface area contributed by atoms with Crippen LogP contribution in [0.25, 0.3) is 16.2 Å². The molecule has 0 radical (unpaired) electrons. The third kappa shape index (κ3) is 2.22. The Morgan fingerprint density at radius 2 is 2.32 bits per heavy atom. The van der Waals surface area contributed by atoms with Crippen molar-refractivity contribution >= 4 is 16.3 Å². The third-order valence-corrected chi connectivity index (χ3v) is 3.86. The lowest BCUT2D eigenvalue weighted by molar-refractivity contribution is 0.415. The molecule has 19 heavy (non-hydrogen) atoms. The van der Waals surface area contributed by atoms with E-state index in [-0.39, 0.29) is 0 Å². The summed E-state index contributed by atoms with van der Waals surface area (Å²) in [5.41, 5.74) is 8.88. The van der Waals surface area contributed by atoms with E-state index in [2.05, 4.69) is 27.0 Å². The fourth-order valence-corrected chi connectivity index (χ4v) is 2.99. The van der Waals surface area contributed by atoms with Gasteiger partial charge in [-0.3, -0.25) is 4.40 Å². The number of benzene rings is 1. The van der Waals surface area contributed by atoms with Crippen molar-refractivity contribution in [3.8, 4) is 17.0 Å². The van der Waals surface area contributed by atoms with Crippen molar-refractivity contribution in [1.29, 1.82) is 0 Å². The summed E-state index contributed by atoms with van der Waals surface area (Å²) in [6, 6.07) is 8.05. The van der Waals surface area contributed by atoms with Crippen LogP contribution in [-0.2, 0) is 6.42 Å². The molecule has 0 spiro atoms. The van der Waals surface area contributed by atoms with E-state index < -0.39 is 0 Å². The summed E-state index contributed by atoms with van der Waals surface area (Å²) in [6.45, 7) is 0.624. The minimum absolute atomic E-state index is 0.624. The largest absolute Gasteiger partial charge is 0.497 e. The van der Waals surface area contributed by atoms with Gasteiger partial charge in [0.15, 0.2) is 4.96 Å². The predicted molar refractivity (Wildman–Crippen MR) is 77.8 cm³/mol. The van der Waals surface area contributed by atoms with Gasteiger partial charge in [0.1, 0.15) is 5.75 Å². The Bertz CT molecular complexity index is 702. The highest BCUT2D eigenvalue weighted by atomic mass is 32.1. The average molecular weight is 273 g/mol. The van der Waals surface area contributed by atoms with E-state index in [4.69, 9.17) is 10.5 Å². The molecule has 0 aliphatic heterocycles. The van der Waals surface area contributed by atoms with Gasteiger partial charge in [-0.25, -0.2) is 4.98 Å². The summed E-state index contributed by atoms with van der Waals surface area (Å²) in [5.74, 6) is 0.860. The minimum Gasteiger partial charge on any atom is -0.497 e. The van der Waals surface area contributed by atoms with Gasteiger partial charge in [-0.2, -0.15) is 0 Å². The lowest BCUT2D eigenvalue weighted by Crippen LogP contribution is -2.02. The quantitative estimate of drug-likeness (QED) is 0.795. The van der Waals surface area contributed by atoms with E-state index in [1.807, 2.05) is 18.2 Å². The van der Waals surface area contributed by atoms with Crippen LogP contribution >= 0.6 is 11.3 Å². The molecular weight excluding hydrogens is 258 g/mol. The first-order valence-corrected chi connectivity index (χ1v) is 6.99. The zero-order valence-electron chi connectivity index (χ0n) is 10.7. The molecule has 0 unspecified atom stereocenters. The molecule has 0 bridgehead atoms. The van der Waals surface area contributed by atoms with Gasteiger partial charge in [-0.05, 0) is 18.7 Å². The van der Waals surface area contributed by atoms with Gasteiger partial charge in [0.2, 0.25) is 0 Å². The highest BCUT2D eigenvalue weighted by molar-refractivity contribution is 7.15. The maximum atomic E-state index is 5.58. The van der Waals surface area contributed by atoms with Crippen molar-refractivity contribution in [2.24, 2.45) is 5.73 Å². The Kier molecular flexibility index (Phi) is 3.23. The van der Waals surface area contributed by atoms with Gasteiger partial charge in [0.25, 0.3) is 0 Å². The second-order valence-corrected chi connectivity index (χ2v) is 5.11. The maximum Gasteiger partial charge on any atom is 0.194 e. The Labute approximate surface area is 115 Å². The first kappa shape index (κ1) is 12.2. The normalized spacial score (nSPS) is 11.1. The number of hydrogen-bond acceptors (Lipinski definition) is 4. The average Bonchev–Trinajstić information content (AvgIpc) is 2.99. The number of aromatic nitrogens is 2. The van der Waals surface area contributed by atoms with E-state index in [0.29, 0.717) is 6.54 Å². The number of ether oxygens (including phenoxy) is 1. The molecule has 98 valence electrons. The van der Waals surface area contributed by atoms with Gasteiger partial charge in [0.05, 0.1) is 18.5 Å². The fourth-order valence-electron chi connectivity index (χ4n) is 2.09. The topological polar surface area (TPSA) is 52.5 Å². The summed E-state index contributed by atoms with van der Waals surface area (Å²) in [7, 11) is 1.68. The lowest BCUT2D eigenvalue weighted by Gasteiger charge is -2.03. The van der Waals surface area contributed by atoms with Crippen LogP contribution in [-0.4, -0.2) is 23.0 Å². The molecule has 2 heterocycles. The van der Waals surface area contributed by atoms with Crippen molar-refractivity contribution in [2.75, 3.05) is 13.7 Å². The molecule has 0 amide bonds. The highest BCUT2D eigenvalue weighted by Gasteiger charge is 2.09. The van der Waals surface area contributed by atoms with Crippen LogP contribution < -0.4 is 10.5 Å². The van der Waals surface area contributed by atoms with E-state index in [1.165, 1.54) is 0 Å². The Morgan fingerprint density at radius 3 is 3.11 bits per heavy atom. The van der Waals surface area contributed by atoms with Crippen molar-refractivity contribution in [3.05, 3.63) is 41.5 Å². The highest BCUT2D eigenvalue weighted by Crippen LogP contribution is 2.28. The SMILES string of the molecule is COc1cccc(-c2csc3nc(CCN)cn23)c1. The molecule has 5 heteroatoms. The first-order chi connectivity index (χ1) is 9.31. The number of fused-ring (bicyclic) bond motifs is 1. The Balaban J connectivity index is 2.08. The predicted octanol–water partition coefficient (Wildman–Crippen LogP) is 2.57. The number of nitrogens with two attached hydrogens (primary N) is 1. The maximum absolute atomic E-state index is 5.58. The summed E-state index contributed by atoms with van der Waals surface area (Å²) >= 11 is 1.64. The molecule has 2 N–H and O–H groups in total. The van der Waals surface area contributed by atoms with Crippen LogP contribution in [0.2, 0.25) is 0 Å². The van der Waals surface area contributed by atoms with Crippen LogP contribution in [0.4, 0.5) is 0 Å². The molecule has 0 aliphatic carbocycles. The zero-order valence-corrected chi connectivity index (χ0v) is 11.5. The van der Waals surface area contributed by atoms with Crippen molar-refractivity contribution in [1.82, 2.24) is 9.38 Å².